The van der Waals surface area contributed by atoms with Gasteiger partial charge >= 0.3 is 0 Å². The molecular formula is C19H28FIN4O. The maximum absolute atomic E-state index is 13.2. The van der Waals surface area contributed by atoms with Gasteiger partial charge in [-0.15, -0.1) is 24.0 Å². The van der Waals surface area contributed by atoms with Crippen LogP contribution in [0.4, 0.5) is 10.1 Å². The molecule has 2 fully saturated rings. The van der Waals surface area contributed by atoms with Crippen molar-refractivity contribution in [3.05, 3.63) is 30.1 Å². The van der Waals surface area contributed by atoms with Gasteiger partial charge in [0.1, 0.15) is 12.4 Å². The largest absolute Gasteiger partial charge is 0.357 e. The van der Waals surface area contributed by atoms with Crippen LogP contribution in [0.3, 0.4) is 0 Å². The molecule has 1 heterocycles. The van der Waals surface area contributed by atoms with Gasteiger partial charge in [0.05, 0.1) is 0 Å². The highest BCUT2D eigenvalue weighted by molar-refractivity contribution is 14.0. The van der Waals surface area contributed by atoms with E-state index >= 15 is 0 Å². The first-order valence-corrected chi connectivity index (χ1v) is 9.19. The van der Waals surface area contributed by atoms with Gasteiger partial charge in [0.2, 0.25) is 5.91 Å². The lowest BCUT2D eigenvalue weighted by Crippen LogP contribution is -2.41. The van der Waals surface area contributed by atoms with Gasteiger partial charge in [0.15, 0.2) is 5.96 Å². The van der Waals surface area contributed by atoms with Crippen LogP contribution in [0.25, 0.3) is 0 Å². The number of anilines is 1. The minimum absolute atomic E-state index is 0. The summed E-state index contributed by atoms with van der Waals surface area (Å²) in [5.74, 6) is 0.199. The maximum atomic E-state index is 13.2. The van der Waals surface area contributed by atoms with E-state index in [1.54, 1.807) is 12.1 Å². The van der Waals surface area contributed by atoms with Crippen LogP contribution in [-0.2, 0) is 4.79 Å². The Morgan fingerprint density at radius 2 is 2.08 bits per heavy atom. The maximum Gasteiger partial charge on any atom is 0.246 e. The van der Waals surface area contributed by atoms with Crippen molar-refractivity contribution in [1.29, 1.82) is 0 Å². The lowest BCUT2D eigenvalue weighted by molar-refractivity contribution is -0.114. The Balaban J connectivity index is 0.00000243. The Kier molecular flexibility index (Phi) is 7.67. The van der Waals surface area contributed by atoms with E-state index in [0.29, 0.717) is 11.1 Å². The van der Waals surface area contributed by atoms with Crippen molar-refractivity contribution in [3.63, 3.8) is 0 Å². The Morgan fingerprint density at radius 1 is 1.31 bits per heavy atom. The van der Waals surface area contributed by atoms with E-state index in [9.17, 15) is 9.18 Å². The van der Waals surface area contributed by atoms with Crippen LogP contribution in [0.15, 0.2) is 29.3 Å². The van der Waals surface area contributed by atoms with Gasteiger partial charge in [-0.05, 0) is 49.8 Å². The zero-order valence-electron chi connectivity index (χ0n) is 15.3. The van der Waals surface area contributed by atoms with Crippen molar-refractivity contribution in [3.8, 4) is 0 Å². The van der Waals surface area contributed by atoms with Crippen molar-refractivity contribution in [2.75, 3.05) is 31.5 Å². The smallest absolute Gasteiger partial charge is 0.246 e. The molecule has 26 heavy (non-hydrogen) atoms. The van der Waals surface area contributed by atoms with E-state index in [1.807, 2.05) is 6.92 Å². The molecule has 0 unspecified atom stereocenters. The molecule has 2 aliphatic rings. The molecule has 1 aromatic rings. The van der Waals surface area contributed by atoms with Gasteiger partial charge < -0.3 is 15.5 Å². The number of halogens is 2. The van der Waals surface area contributed by atoms with Gasteiger partial charge in [0.25, 0.3) is 0 Å². The third-order valence-corrected chi connectivity index (χ3v) is 5.22. The fraction of sp³-hybridized carbons (Fsp3) is 0.579. The molecule has 3 rings (SSSR count). The van der Waals surface area contributed by atoms with Gasteiger partial charge in [-0.1, -0.05) is 18.9 Å². The molecule has 1 aromatic carbocycles. The van der Waals surface area contributed by atoms with Gasteiger partial charge in [-0.2, -0.15) is 0 Å². The first kappa shape index (κ1) is 20.9. The fourth-order valence-electron chi connectivity index (χ4n) is 3.99. The summed E-state index contributed by atoms with van der Waals surface area (Å²) in [6.07, 6.45) is 6.49. The lowest BCUT2D eigenvalue weighted by atomic mass is 9.86. The zero-order chi connectivity index (χ0) is 17.7. The number of amides is 1. The molecule has 144 valence electrons. The van der Waals surface area contributed by atoms with Gasteiger partial charge in [0, 0.05) is 25.3 Å². The van der Waals surface area contributed by atoms with Crippen molar-refractivity contribution in [2.45, 2.75) is 39.0 Å². The second kappa shape index (κ2) is 9.53. The van der Waals surface area contributed by atoms with Crippen LogP contribution in [0.2, 0.25) is 0 Å². The predicted molar refractivity (Wildman–Crippen MR) is 114 cm³/mol. The van der Waals surface area contributed by atoms with Gasteiger partial charge in [-0.25, -0.2) is 9.38 Å². The average Bonchev–Trinajstić information content (AvgIpc) is 3.22. The zero-order valence-corrected chi connectivity index (χ0v) is 17.6. The third kappa shape index (κ3) is 5.31. The highest BCUT2D eigenvalue weighted by atomic mass is 127. The number of hydrogen-bond donors (Lipinski definition) is 2. The molecule has 0 aromatic heterocycles. The van der Waals surface area contributed by atoms with E-state index in [0.717, 1.165) is 25.6 Å². The first-order valence-electron chi connectivity index (χ1n) is 9.19. The molecule has 0 radical (unpaired) electrons. The van der Waals surface area contributed by atoms with Crippen LogP contribution in [0.1, 0.15) is 39.0 Å². The van der Waals surface area contributed by atoms with Crippen LogP contribution in [0, 0.1) is 11.2 Å². The number of carbonyl (C=O) groups is 1. The Bertz CT molecular complexity index is 646. The van der Waals surface area contributed by atoms with Crippen LogP contribution >= 0.6 is 24.0 Å². The molecule has 1 amide bonds. The second-order valence-corrected chi connectivity index (χ2v) is 7.11. The summed E-state index contributed by atoms with van der Waals surface area (Å²) in [4.78, 5) is 18.9. The molecular weight excluding hydrogens is 446 g/mol. The molecule has 5 nitrogen and oxygen atoms in total. The molecule has 0 bridgehead atoms. The summed E-state index contributed by atoms with van der Waals surface area (Å²) in [6.45, 7) is 4.86. The highest BCUT2D eigenvalue weighted by Crippen LogP contribution is 2.45. The summed E-state index contributed by atoms with van der Waals surface area (Å²) in [7, 11) is 0. The topological polar surface area (TPSA) is 56.7 Å². The number of carbonyl (C=O) groups excluding carboxylic acids is 1. The molecule has 1 spiro atoms. The number of guanidine groups is 1. The highest BCUT2D eigenvalue weighted by Gasteiger charge is 2.41. The van der Waals surface area contributed by atoms with E-state index < -0.39 is 0 Å². The monoisotopic (exact) mass is 474 g/mol. The van der Waals surface area contributed by atoms with E-state index in [4.69, 9.17) is 0 Å². The van der Waals surface area contributed by atoms with Crippen LogP contribution < -0.4 is 10.6 Å². The summed E-state index contributed by atoms with van der Waals surface area (Å²) < 4.78 is 13.2. The molecule has 1 aliphatic carbocycles. The molecule has 7 heteroatoms. The van der Waals surface area contributed by atoms with Crippen LogP contribution in [0.5, 0.6) is 0 Å². The number of benzene rings is 1. The number of likely N-dealkylation sites (tertiary alicyclic amines) is 1. The summed E-state index contributed by atoms with van der Waals surface area (Å²) >= 11 is 0. The molecule has 1 aliphatic heterocycles. The van der Waals surface area contributed by atoms with Gasteiger partial charge in [-0.3, -0.25) is 4.79 Å². The summed E-state index contributed by atoms with van der Waals surface area (Å²) in [5.41, 5.74) is 0.913. The quantitative estimate of drug-likeness (QED) is 0.398. The van der Waals surface area contributed by atoms with E-state index in [1.165, 1.54) is 44.2 Å². The lowest BCUT2D eigenvalue weighted by Gasteiger charge is -2.25. The average molecular weight is 474 g/mol. The Labute approximate surface area is 171 Å². The molecule has 0 atom stereocenters. The summed E-state index contributed by atoms with van der Waals surface area (Å²) in [6, 6.07) is 5.89. The van der Waals surface area contributed by atoms with E-state index in [-0.39, 0.29) is 42.2 Å². The number of nitrogens with one attached hydrogen (secondary N) is 2. The Morgan fingerprint density at radius 3 is 2.77 bits per heavy atom. The van der Waals surface area contributed by atoms with Crippen LogP contribution in [-0.4, -0.2) is 42.9 Å². The van der Waals surface area contributed by atoms with E-state index in [2.05, 4.69) is 20.5 Å². The normalized spacial score (nSPS) is 18.7. The SMILES string of the molecule is CCNC(=NCC(=O)Nc1cccc(F)c1)N1CCC2(CCCC2)C1.I. The van der Waals surface area contributed by atoms with Crippen molar-refractivity contribution < 1.29 is 9.18 Å². The van der Waals surface area contributed by atoms with Crippen molar-refractivity contribution in [1.82, 2.24) is 10.2 Å². The number of hydrogen-bond acceptors (Lipinski definition) is 2. The van der Waals surface area contributed by atoms with Crippen molar-refractivity contribution >= 4 is 41.5 Å². The second-order valence-electron chi connectivity index (χ2n) is 7.11. The Hall–Kier alpha value is -1.38. The molecule has 1 saturated carbocycles. The molecule has 1 saturated heterocycles. The fourth-order valence-corrected chi connectivity index (χ4v) is 3.99. The standard InChI is InChI=1S/C19H27FN4O.HI/c1-2-21-18(24-11-10-19(14-24)8-3-4-9-19)22-13-17(25)23-16-7-5-6-15(20)12-16;/h5-7,12H,2-4,8-11,13-14H2,1H3,(H,21,22)(H,23,25);1H. The summed E-state index contributed by atoms with van der Waals surface area (Å²) in [5, 5.41) is 5.98. The number of nitrogens with zero attached hydrogens (tertiary/aromatic N) is 2. The third-order valence-electron chi connectivity index (χ3n) is 5.22. The molecule has 2 N–H and O–H groups in total. The number of rotatable bonds is 4. The first-order chi connectivity index (χ1) is 12.1. The predicted octanol–water partition coefficient (Wildman–Crippen LogP) is 3.61. The van der Waals surface area contributed by atoms with Crippen molar-refractivity contribution in [2.24, 2.45) is 10.4 Å². The number of aliphatic imine (C=N–C) groups is 1. The minimum atomic E-state index is -0.367. The minimum Gasteiger partial charge on any atom is -0.357 e.